The Morgan fingerprint density at radius 3 is 2.30 bits per heavy atom. The van der Waals surface area contributed by atoms with E-state index < -0.39 is 6.09 Å². The molecule has 0 saturated carbocycles. The van der Waals surface area contributed by atoms with Gasteiger partial charge in [0, 0.05) is 30.6 Å². The van der Waals surface area contributed by atoms with Crippen LogP contribution in [0.2, 0.25) is 0 Å². The lowest BCUT2D eigenvalue weighted by atomic mass is 10.1. The van der Waals surface area contributed by atoms with Gasteiger partial charge < -0.3 is 21.3 Å². The van der Waals surface area contributed by atoms with Gasteiger partial charge in [-0.05, 0) is 30.7 Å². The monoisotopic (exact) mass is 320 g/mol. The van der Waals surface area contributed by atoms with Crippen LogP contribution < -0.4 is 11.5 Å². The zero-order valence-corrected chi connectivity index (χ0v) is 13.7. The average molecular weight is 320 g/mol. The number of nitrogens with two attached hydrogens (primary N) is 2. The summed E-state index contributed by atoms with van der Waals surface area (Å²) in [5.74, 6) is 0.441. The largest absolute Gasteiger partial charge is 0.481 e. The van der Waals surface area contributed by atoms with Gasteiger partial charge in [0.05, 0.1) is 7.11 Å². The topological polar surface area (TPSA) is 105 Å². The molecule has 0 fully saturated rings. The van der Waals surface area contributed by atoms with Crippen molar-refractivity contribution in [1.29, 1.82) is 0 Å². The zero-order valence-electron chi connectivity index (χ0n) is 13.7. The molecule has 0 spiro atoms. The van der Waals surface area contributed by atoms with Gasteiger partial charge in [0.1, 0.15) is 0 Å². The zero-order chi connectivity index (χ0) is 17.4. The lowest BCUT2D eigenvalue weighted by Gasteiger charge is -2.32. The quantitative estimate of drug-likeness (QED) is 0.738. The molecule has 126 valence electrons. The first-order valence-electron chi connectivity index (χ1n) is 7.23. The fourth-order valence-electron chi connectivity index (χ4n) is 1.80. The summed E-state index contributed by atoms with van der Waals surface area (Å²) in [6.07, 6.45) is 3.31. The summed E-state index contributed by atoms with van der Waals surface area (Å²) in [5.41, 5.74) is 12.9. The summed E-state index contributed by atoms with van der Waals surface area (Å²) >= 11 is 0. The third-order valence-corrected chi connectivity index (χ3v) is 3.12. The van der Waals surface area contributed by atoms with Crippen LogP contribution in [0.5, 0.6) is 0 Å². The summed E-state index contributed by atoms with van der Waals surface area (Å²) in [6.45, 7) is 2.88. The first-order chi connectivity index (χ1) is 10.9. The van der Waals surface area contributed by atoms with Crippen molar-refractivity contribution < 1.29 is 14.6 Å². The molecule has 0 atom stereocenters. The number of nitrogens with zero attached hydrogens (tertiary/aromatic N) is 2. The number of carbonyl (C=O) groups is 1. The van der Waals surface area contributed by atoms with Gasteiger partial charge in [0.15, 0.2) is 0 Å². The number of nitrogen functional groups attached to an aromatic ring is 1. The van der Waals surface area contributed by atoms with E-state index in [1.807, 2.05) is 12.1 Å². The Kier molecular flexibility index (Phi) is 6.95. The van der Waals surface area contributed by atoms with Crippen LogP contribution in [0.15, 0.2) is 42.4 Å². The predicted molar refractivity (Wildman–Crippen MR) is 90.9 cm³/mol. The molecule has 1 aromatic carbocycles. The van der Waals surface area contributed by atoms with Crippen molar-refractivity contribution in [2.24, 2.45) is 5.73 Å². The standard InChI is InChI=1S/C13H15N3O3.C3H9N/c1-15-12(19-2)7-10(8-16(15)13(17)18)9-3-5-11(14)6-4-9;1-2-3-4/h3-8H,14H2,1-2H3,(H,17,18);2-4H2,1H3. The molecule has 0 saturated heterocycles. The average Bonchev–Trinajstić information content (AvgIpc) is 2.56. The van der Waals surface area contributed by atoms with E-state index in [2.05, 4.69) is 6.92 Å². The van der Waals surface area contributed by atoms with Crippen molar-refractivity contribution in [3.8, 4) is 0 Å². The minimum absolute atomic E-state index is 0.441. The van der Waals surface area contributed by atoms with Crippen molar-refractivity contribution >= 4 is 17.4 Å². The third-order valence-electron chi connectivity index (χ3n) is 3.12. The first kappa shape index (κ1) is 18.4. The SMILES string of the molecule is CCCN.COC1=CC(c2ccc(N)cc2)=CN(C(=O)O)N1C. The van der Waals surface area contributed by atoms with Crippen molar-refractivity contribution in [3.05, 3.63) is 48.0 Å². The molecule has 0 aromatic heterocycles. The molecule has 1 aliphatic heterocycles. The van der Waals surface area contributed by atoms with Gasteiger partial charge in [-0.2, -0.15) is 5.01 Å². The van der Waals surface area contributed by atoms with Gasteiger partial charge in [-0.15, -0.1) is 0 Å². The number of amides is 1. The normalized spacial score (nSPS) is 13.6. The predicted octanol–water partition coefficient (Wildman–Crippen LogP) is 2.29. The minimum Gasteiger partial charge on any atom is -0.481 e. The van der Waals surface area contributed by atoms with Gasteiger partial charge >= 0.3 is 6.09 Å². The summed E-state index contributed by atoms with van der Waals surface area (Å²) in [6, 6.07) is 7.19. The maximum Gasteiger partial charge on any atom is 0.430 e. The highest BCUT2D eigenvalue weighted by atomic mass is 16.5. The van der Waals surface area contributed by atoms with Crippen molar-refractivity contribution in [2.45, 2.75) is 13.3 Å². The van der Waals surface area contributed by atoms with Gasteiger partial charge in [-0.1, -0.05) is 19.1 Å². The maximum absolute atomic E-state index is 11.2. The summed E-state index contributed by atoms with van der Waals surface area (Å²) in [4.78, 5) is 11.2. The fourth-order valence-corrected chi connectivity index (χ4v) is 1.80. The van der Waals surface area contributed by atoms with Crippen LogP contribution in [0.1, 0.15) is 18.9 Å². The Morgan fingerprint density at radius 1 is 1.30 bits per heavy atom. The molecular formula is C16H24N4O3. The fraction of sp³-hybridized carbons (Fsp3) is 0.312. The van der Waals surface area contributed by atoms with Crippen molar-refractivity contribution in [3.63, 3.8) is 0 Å². The molecule has 7 nitrogen and oxygen atoms in total. The van der Waals surface area contributed by atoms with E-state index in [0.29, 0.717) is 11.6 Å². The molecule has 7 heteroatoms. The van der Waals surface area contributed by atoms with Crippen LogP contribution in [0.25, 0.3) is 5.57 Å². The second-order valence-corrected chi connectivity index (χ2v) is 4.83. The van der Waals surface area contributed by atoms with Gasteiger partial charge in [-0.25, -0.2) is 9.80 Å². The Bertz CT molecular complexity index is 579. The van der Waals surface area contributed by atoms with Gasteiger partial charge in [-0.3, -0.25) is 0 Å². The second kappa shape index (κ2) is 8.70. The Balaban J connectivity index is 0.000000593. The highest BCUT2D eigenvalue weighted by Gasteiger charge is 2.23. The number of methoxy groups -OCH3 is 1. The van der Waals surface area contributed by atoms with Crippen LogP contribution in [0.3, 0.4) is 0 Å². The summed E-state index contributed by atoms with van der Waals surface area (Å²) in [5, 5.41) is 11.6. The van der Waals surface area contributed by atoms with Crippen LogP contribution >= 0.6 is 0 Å². The number of rotatable bonds is 3. The van der Waals surface area contributed by atoms with Crippen LogP contribution in [-0.4, -0.2) is 41.9 Å². The van der Waals surface area contributed by atoms with Crippen molar-refractivity contribution in [1.82, 2.24) is 10.0 Å². The van der Waals surface area contributed by atoms with E-state index in [1.54, 1.807) is 25.3 Å². The third kappa shape index (κ3) is 4.93. The van der Waals surface area contributed by atoms with Gasteiger partial charge in [0.2, 0.25) is 5.88 Å². The molecule has 1 aromatic rings. The van der Waals surface area contributed by atoms with Gasteiger partial charge in [0.25, 0.3) is 0 Å². The summed E-state index contributed by atoms with van der Waals surface area (Å²) in [7, 11) is 3.11. The van der Waals surface area contributed by atoms with Crippen LogP contribution in [-0.2, 0) is 4.74 Å². The molecule has 0 unspecified atom stereocenters. The molecule has 1 amide bonds. The van der Waals surface area contributed by atoms with E-state index in [4.69, 9.17) is 21.3 Å². The van der Waals surface area contributed by atoms with Crippen LogP contribution in [0, 0.1) is 0 Å². The molecule has 2 rings (SSSR count). The minimum atomic E-state index is -1.09. The molecule has 0 bridgehead atoms. The van der Waals surface area contributed by atoms with E-state index >= 15 is 0 Å². The second-order valence-electron chi connectivity index (χ2n) is 4.83. The summed E-state index contributed by atoms with van der Waals surface area (Å²) < 4.78 is 5.18. The number of carboxylic acid groups (broad SMARTS) is 1. The van der Waals surface area contributed by atoms with E-state index in [9.17, 15) is 4.79 Å². The number of ether oxygens (including phenoxy) is 1. The lowest BCUT2D eigenvalue weighted by Crippen LogP contribution is -2.41. The van der Waals surface area contributed by atoms with E-state index in [1.165, 1.54) is 18.3 Å². The Hall–Kier alpha value is -2.67. The number of hydrogen-bond donors (Lipinski definition) is 3. The maximum atomic E-state index is 11.2. The lowest BCUT2D eigenvalue weighted by molar-refractivity contribution is 0.0237. The van der Waals surface area contributed by atoms with E-state index in [0.717, 1.165) is 29.1 Å². The van der Waals surface area contributed by atoms with Crippen LogP contribution in [0.4, 0.5) is 10.5 Å². The Morgan fingerprint density at radius 2 is 1.87 bits per heavy atom. The molecule has 1 aliphatic rings. The number of anilines is 1. The highest BCUT2D eigenvalue weighted by Crippen LogP contribution is 2.26. The molecule has 5 N–H and O–H groups in total. The van der Waals surface area contributed by atoms with Crippen molar-refractivity contribution in [2.75, 3.05) is 26.4 Å². The van der Waals surface area contributed by atoms with E-state index in [-0.39, 0.29) is 0 Å². The molecular weight excluding hydrogens is 296 g/mol. The Labute approximate surface area is 136 Å². The number of hydrazine groups is 1. The molecule has 0 aliphatic carbocycles. The smallest absolute Gasteiger partial charge is 0.430 e. The first-order valence-corrected chi connectivity index (χ1v) is 7.23. The number of allylic oxidation sites excluding steroid dienone is 2. The number of benzene rings is 1. The molecule has 0 radical (unpaired) electrons. The highest BCUT2D eigenvalue weighted by molar-refractivity contribution is 5.79. The molecule has 23 heavy (non-hydrogen) atoms. The molecule has 1 heterocycles. The number of hydrogen-bond acceptors (Lipinski definition) is 5.